The first-order valence-electron chi connectivity index (χ1n) is 8.60. The summed E-state index contributed by atoms with van der Waals surface area (Å²) in [7, 11) is 0. The molecular formula is C19H28N4S. The lowest BCUT2D eigenvalue weighted by Crippen LogP contribution is -2.38. The fraction of sp³-hybridized carbons (Fsp3) is 0.474. The summed E-state index contributed by atoms with van der Waals surface area (Å²) in [5.74, 6) is 0.829. The van der Waals surface area contributed by atoms with Crippen LogP contribution < -0.4 is 10.6 Å². The third kappa shape index (κ3) is 5.06. The second-order valence-electron chi connectivity index (χ2n) is 5.91. The van der Waals surface area contributed by atoms with E-state index in [0.717, 1.165) is 29.6 Å². The van der Waals surface area contributed by atoms with Crippen molar-refractivity contribution < 1.29 is 0 Å². The summed E-state index contributed by atoms with van der Waals surface area (Å²) in [6.07, 6.45) is 1.07. The topological polar surface area (TPSA) is 49.3 Å². The number of guanidine groups is 1. The molecule has 0 aliphatic carbocycles. The van der Waals surface area contributed by atoms with Crippen molar-refractivity contribution in [1.82, 2.24) is 15.6 Å². The Bertz CT molecular complexity index is 654. The van der Waals surface area contributed by atoms with E-state index in [1.54, 1.807) is 11.3 Å². The number of nitrogens with zero attached hydrogens (tertiary/aromatic N) is 2. The Kier molecular flexibility index (Phi) is 6.79. The second-order valence-corrected chi connectivity index (χ2v) is 7.19. The number of thiazole rings is 1. The van der Waals surface area contributed by atoms with Crippen molar-refractivity contribution in [3.63, 3.8) is 0 Å². The lowest BCUT2D eigenvalue weighted by atomic mass is 10.1. The van der Waals surface area contributed by atoms with E-state index in [9.17, 15) is 0 Å². The molecule has 4 nitrogen and oxygen atoms in total. The highest BCUT2D eigenvalue weighted by atomic mass is 32.1. The van der Waals surface area contributed by atoms with Crippen molar-refractivity contribution in [1.29, 1.82) is 0 Å². The first-order valence-corrected chi connectivity index (χ1v) is 9.41. The van der Waals surface area contributed by atoms with Crippen LogP contribution in [0.25, 0.3) is 0 Å². The quantitative estimate of drug-likeness (QED) is 0.612. The minimum atomic E-state index is 0.202. The SMILES string of the molecule is CCNC(=NCc1nc(C)c(C)s1)NC(C)c1ccc(CC)cc1. The molecule has 1 atom stereocenters. The van der Waals surface area contributed by atoms with Crippen LogP contribution in [0.2, 0.25) is 0 Å². The summed E-state index contributed by atoms with van der Waals surface area (Å²) in [6.45, 7) is 12.0. The van der Waals surface area contributed by atoms with Gasteiger partial charge in [-0.15, -0.1) is 11.3 Å². The molecule has 0 radical (unpaired) electrons. The molecule has 0 fully saturated rings. The van der Waals surface area contributed by atoms with Crippen LogP contribution in [0, 0.1) is 13.8 Å². The second kappa shape index (κ2) is 8.83. The molecule has 2 rings (SSSR count). The molecule has 0 aliphatic rings. The Morgan fingerprint density at radius 1 is 1.21 bits per heavy atom. The van der Waals surface area contributed by atoms with Crippen molar-refractivity contribution >= 4 is 17.3 Å². The van der Waals surface area contributed by atoms with Gasteiger partial charge in [0.1, 0.15) is 5.01 Å². The van der Waals surface area contributed by atoms with Crippen LogP contribution in [0.3, 0.4) is 0 Å². The third-order valence-corrected chi connectivity index (χ3v) is 5.09. The fourth-order valence-electron chi connectivity index (χ4n) is 2.40. The standard InChI is InChI=1S/C19H28N4S/c1-6-16-8-10-17(11-9-16)14(4)23-19(20-7-2)21-12-18-22-13(3)15(5)24-18/h8-11,14H,6-7,12H2,1-5H3,(H2,20,21,23). The minimum absolute atomic E-state index is 0.202. The third-order valence-electron chi connectivity index (χ3n) is 4.03. The van der Waals surface area contributed by atoms with Crippen LogP contribution in [0.4, 0.5) is 0 Å². The highest BCUT2D eigenvalue weighted by Crippen LogP contribution is 2.17. The Morgan fingerprint density at radius 3 is 2.46 bits per heavy atom. The van der Waals surface area contributed by atoms with Crippen molar-refractivity contribution in [2.75, 3.05) is 6.54 Å². The molecule has 2 N–H and O–H groups in total. The van der Waals surface area contributed by atoms with Crippen molar-refractivity contribution in [2.45, 2.75) is 53.6 Å². The van der Waals surface area contributed by atoms with Gasteiger partial charge in [0.2, 0.25) is 0 Å². The smallest absolute Gasteiger partial charge is 0.192 e. The molecule has 1 aromatic carbocycles. The number of aromatic nitrogens is 1. The minimum Gasteiger partial charge on any atom is -0.357 e. The van der Waals surface area contributed by atoms with Crippen LogP contribution in [0.1, 0.15) is 53.5 Å². The van der Waals surface area contributed by atoms with Crippen LogP contribution in [0.15, 0.2) is 29.3 Å². The summed E-state index contributed by atoms with van der Waals surface area (Å²) >= 11 is 1.72. The summed E-state index contributed by atoms with van der Waals surface area (Å²) in [6, 6.07) is 8.96. The van der Waals surface area contributed by atoms with E-state index in [-0.39, 0.29) is 6.04 Å². The molecule has 1 aromatic heterocycles. The number of aliphatic imine (C=N–C) groups is 1. The Balaban J connectivity index is 2.04. The number of rotatable bonds is 6. The Hall–Kier alpha value is -1.88. The summed E-state index contributed by atoms with van der Waals surface area (Å²) < 4.78 is 0. The number of aryl methyl sites for hydroxylation is 3. The predicted octanol–water partition coefficient (Wildman–Crippen LogP) is 4.14. The first-order chi connectivity index (χ1) is 11.5. The zero-order valence-corrected chi connectivity index (χ0v) is 16.1. The number of nitrogens with one attached hydrogen (secondary N) is 2. The molecule has 5 heteroatoms. The van der Waals surface area contributed by atoms with Crippen LogP contribution in [-0.4, -0.2) is 17.5 Å². The maximum absolute atomic E-state index is 4.68. The van der Waals surface area contributed by atoms with E-state index in [4.69, 9.17) is 0 Å². The van der Waals surface area contributed by atoms with E-state index in [2.05, 4.69) is 72.6 Å². The Labute approximate surface area is 149 Å². The van der Waals surface area contributed by atoms with Gasteiger partial charge in [0, 0.05) is 11.4 Å². The van der Waals surface area contributed by atoms with Gasteiger partial charge in [-0.05, 0) is 45.2 Å². The van der Waals surface area contributed by atoms with Gasteiger partial charge in [-0.3, -0.25) is 0 Å². The molecule has 24 heavy (non-hydrogen) atoms. The first kappa shape index (κ1) is 18.5. The van der Waals surface area contributed by atoms with Gasteiger partial charge in [-0.1, -0.05) is 31.2 Å². The van der Waals surface area contributed by atoms with E-state index >= 15 is 0 Å². The van der Waals surface area contributed by atoms with Gasteiger partial charge in [0.25, 0.3) is 0 Å². The van der Waals surface area contributed by atoms with Crippen LogP contribution >= 0.6 is 11.3 Å². The number of hydrogen-bond donors (Lipinski definition) is 2. The zero-order valence-electron chi connectivity index (χ0n) is 15.3. The maximum atomic E-state index is 4.68. The molecule has 0 amide bonds. The molecule has 0 saturated carbocycles. The van der Waals surface area contributed by atoms with Crippen molar-refractivity contribution in [3.8, 4) is 0 Å². The molecule has 130 valence electrons. The largest absolute Gasteiger partial charge is 0.357 e. The van der Waals surface area contributed by atoms with Gasteiger partial charge in [-0.25, -0.2) is 9.98 Å². The normalized spacial score (nSPS) is 13.0. The molecule has 0 saturated heterocycles. The molecule has 0 spiro atoms. The van der Waals surface area contributed by atoms with Crippen LogP contribution in [0.5, 0.6) is 0 Å². The molecule has 1 unspecified atom stereocenters. The Morgan fingerprint density at radius 2 is 1.92 bits per heavy atom. The lowest BCUT2D eigenvalue weighted by Gasteiger charge is -2.18. The molecule has 2 aromatic rings. The van der Waals surface area contributed by atoms with Gasteiger partial charge in [0.15, 0.2) is 5.96 Å². The highest BCUT2D eigenvalue weighted by Gasteiger charge is 2.09. The monoisotopic (exact) mass is 344 g/mol. The predicted molar refractivity (Wildman–Crippen MR) is 104 cm³/mol. The number of benzene rings is 1. The van der Waals surface area contributed by atoms with Crippen molar-refractivity contribution in [3.05, 3.63) is 51.0 Å². The maximum Gasteiger partial charge on any atom is 0.192 e. The molecular weight excluding hydrogens is 316 g/mol. The van der Waals surface area contributed by atoms with Gasteiger partial charge in [-0.2, -0.15) is 0 Å². The molecule has 0 bridgehead atoms. The molecule has 0 aliphatic heterocycles. The van der Waals surface area contributed by atoms with Gasteiger partial charge < -0.3 is 10.6 Å². The van der Waals surface area contributed by atoms with E-state index in [1.807, 2.05) is 6.92 Å². The fourth-order valence-corrected chi connectivity index (χ4v) is 3.26. The lowest BCUT2D eigenvalue weighted by molar-refractivity contribution is 0.686. The zero-order chi connectivity index (χ0) is 17.5. The summed E-state index contributed by atoms with van der Waals surface area (Å²) in [4.78, 5) is 10.5. The van der Waals surface area contributed by atoms with E-state index in [1.165, 1.54) is 16.0 Å². The van der Waals surface area contributed by atoms with Crippen LogP contribution in [-0.2, 0) is 13.0 Å². The van der Waals surface area contributed by atoms with Crippen molar-refractivity contribution in [2.24, 2.45) is 4.99 Å². The molecule has 1 heterocycles. The average Bonchev–Trinajstić information content (AvgIpc) is 2.91. The van der Waals surface area contributed by atoms with Gasteiger partial charge >= 0.3 is 0 Å². The van der Waals surface area contributed by atoms with Gasteiger partial charge in [0.05, 0.1) is 18.3 Å². The average molecular weight is 345 g/mol. The highest BCUT2D eigenvalue weighted by molar-refractivity contribution is 7.11. The van der Waals surface area contributed by atoms with E-state index < -0.39 is 0 Å². The summed E-state index contributed by atoms with van der Waals surface area (Å²) in [5.41, 5.74) is 3.73. The van der Waals surface area contributed by atoms with E-state index in [0.29, 0.717) is 6.54 Å². The summed E-state index contributed by atoms with van der Waals surface area (Å²) in [5, 5.41) is 7.85. The number of hydrogen-bond acceptors (Lipinski definition) is 3.